The fourth-order valence-corrected chi connectivity index (χ4v) is 4.95. The molecule has 6 nitrogen and oxygen atoms in total. The number of amides is 1. The SMILES string of the molecule is CCCS(=O)(=O)N1CCC(NC(=O)C2(N)CCCCC2)CC1. The summed E-state index contributed by atoms with van der Waals surface area (Å²) in [5.41, 5.74) is 5.52. The van der Waals surface area contributed by atoms with Crippen LogP contribution in [-0.4, -0.2) is 49.1 Å². The Bertz CT molecular complexity index is 478. The molecule has 2 fully saturated rings. The Labute approximate surface area is 133 Å². The summed E-state index contributed by atoms with van der Waals surface area (Å²) < 4.78 is 25.6. The molecule has 0 aromatic rings. The summed E-state index contributed by atoms with van der Waals surface area (Å²) in [6.07, 6.45) is 6.66. The van der Waals surface area contributed by atoms with Gasteiger partial charge in [-0.1, -0.05) is 26.2 Å². The Kier molecular flexibility index (Phi) is 5.85. The predicted molar refractivity (Wildman–Crippen MR) is 86.8 cm³/mol. The quantitative estimate of drug-likeness (QED) is 0.785. The van der Waals surface area contributed by atoms with E-state index in [2.05, 4.69) is 5.32 Å². The predicted octanol–water partition coefficient (Wildman–Crippen LogP) is 0.968. The average Bonchev–Trinajstić information content (AvgIpc) is 2.48. The van der Waals surface area contributed by atoms with E-state index in [4.69, 9.17) is 5.73 Å². The van der Waals surface area contributed by atoms with Crippen molar-refractivity contribution in [3.05, 3.63) is 0 Å². The number of hydrogen-bond acceptors (Lipinski definition) is 4. The molecule has 0 bridgehead atoms. The molecule has 1 amide bonds. The molecule has 7 heteroatoms. The minimum Gasteiger partial charge on any atom is -0.352 e. The normalized spacial score (nSPS) is 24.1. The number of nitrogens with one attached hydrogen (secondary N) is 1. The van der Waals surface area contributed by atoms with Gasteiger partial charge in [-0.3, -0.25) is 4.79 Å². The number of piperidine rings is 1. The van der Waals surface area contributed by atoms with Crippen LogP contribution in [0.15, 0.2) is 0 Å². The second-order valence-corrected chi connectivity index (χ2v) is 8.77. The van der Waals surface area contributed by atoms with Gasteiger partial charge >= 0.3 is 0 Å². The molecule has 2 aliphatic rings. The lowest BCUT2D eigenvalue weighted by Gasteiger charge is -2.36. The standard InChI is InChI=1S/C15H29N3O3S/c1-2-12-22(20,21)18-10-6-13(7-11-18)17-14(19)15(16)8-4-3-5-9-15/h13H,2-12,16H2,1H3,(H,17,19). The van der Waals surface area contributed by atoms with Crippen LogP contribution >= 0.6 is 0 Å². The molecule has 128 valence electrons. The number of carbonyl (C=O) groups excluding carboxylic acids is 1. The Balaban J connectivity index is 1.83. The fourth-order valence-electron chi connectivity index (χ4n) is 3.40. The zero-order valence-electron chi connectivity index (χ0n) is 13.5. The molecule has 0 aromatic carbocycles. The van der Waals surface area contributed by atoms with Crippen molar-refractivity contribution in [2.45, 2.75) is 69.9 Å². The molecule has 22 heavy (non-hydrogen) atoms. The van der Waals surface area contributed by atoms with E-state index in [1.165, 1.54) is 0 Å². The topological polar surface area (TPSA) is 92.5 Å². The van der Waals surface area contributed by atoms with E-state index >= 15 is 0 Å². The maximum Gasteiger partial charge on any atom is 0.240 e. The molecule has 0 atom stereocenters. The van der Waals surface area contributed by atoms with Crippen LogP contribution < -0.4 is 11.1 Å². The van der Waals surface area contributed by atoms with Crippen molar-refractivity contribution in [2.75, 3.05) is 18.8 Å². The molecule has 1 aliphatic carbocycles. The van der Waals surface area contributed by atoms with Crippen LogP contribution in [0.25, 0.3) is 0 Å². The molecule has 0 spiro atoms. The Morgan fingerprint density at radius 3 is 2.36 bits per heavy atom. The molecule has 1 aliphatic heterocycles. The van der Waals surface area contributed by atoms with Crippen molar-refractivity contribution >= 4 is 15.9 Å². The van der Waals surface area contributed by atoms with Crippen molar-refractivity contribution in [1.82, 2.24) is 9.62 Å². The maximum atomic E-state index is 12.4. The zero-order valence-corrected chi connectivity index (χ0v) is 14.3. The summed E-state index contributed by atoms with van der Waals surface area (Å²) in [5.74, 6) is 0.151. The molecule has 1 saturated carbocycles. The third-order valence-corrected chi connectivity index (χ3v) is 6.92. The van der Waals surface area contributed by atoms with E-state index < -0.39 is 15.6 Å². The minimum absolute atomic E-state index is 0.0444. The lowest BCUT2D eigenvalue weighted by molar-refractivity contribution is -0.128. The average molecular weight is 331 g/mol. The number of nitrogens with zero attached hydrogens (tertiary/aromatic N) is 1. The van der Waals surface area contributed by atoms with Crippen molar-refractivity contribution in [3.8, 4) is 0 Å². The zero-order chi connectivity index (χ0) is 16.2. The van der Waals surface area contributed by atoms with Crippen LogP contribution in [0, 0.1) is 0 Å². The van der Waals surface area contributed by atoms with Crippen LogP contribution in [-0.2, 0) is 14.8 Å². The molecule has 0 radical (unpaired) electrons. The summed E-state index contributed by atoms with van der Waals surface area (Å²) in [4.78, 5) is 12.4. The van der Waals surface area contributed by atoms with Crippen LogP contribution in [0.5, 0.6) is 0 Å². The highest BCUT2D eigenvalue weighted by molar-refractivity contribution is 7.89. The van der Waals surface area contributed by atoms with E-state index in [0.29, 0.717) is 32.4 Å². The Hall–Kier alpha value is -0.660. The fraction of sp³-hybridized carbons (Fsp3) is 0.933. The highest BCUT2D eigenvalue weighted by atomic mass is 32.2. The van der Waals surface area contributed by atoms with Crippen molar-refractivity contribution < 1.29 is 13.2 Å². The highest BCUT2D eigenvalue weighted by Gasteiger charge is 2.37. The van der Waals surface area contributed by atoms with Gasteiger partial charge in [0.15, 0.2) is 0 Å². The third kappa shape index (κ3) is 4.20. The summed E-state index contributed by atoms with van der Waals surface area (Å²) in [5, 5.41) is 3.05. The van der Waals surface area contributed by atoms with E-state index in [9.17, 15) is 13.2 Å². The van der Waals surface area contributed by atoms with E-state index in [1.807, 2.05) is 6.92 Å². The first-order valence-corrected chi connectivity index (χ1v) is 10.1. The highest BCUT2D eigenvalue weighted by Crippen LogP contribution is 2.26. The Morgan fingerprint density at radius 2 is 1.82 bits per heavy atom. The van der Waals surface area contributed by atoms with Gasteiger partial charge in [0, 0.05) is 19.1 Å². The first kappa shape index (κ1) is 17.7. The first-order chi connectivity index (χ1) is 10.4. The number of rotatable bonds is 5. The van der Waals surface area contributed by atoms with Gasteiger partial charge in [0.1, 0.15) is 0 Å². The lowest BCUT2D eigenvalue weighted by atomic mass is 9.81. The number of hydrogen-bond donors (Lipinski definition) is 2. The van der Waals surface area contributed by atoms with Gasteiger partial charge in [0.25, 0.3) is 0 Å². The summed E-state index contributed by atoms with van der Waals surface area (Å²) >= 11 is 0. The Morgan fingerprint density at radius 1 is 1.23 bits per heavy atom. The van der Waals surface area contributed by atoms with Gasteiger partial charge in [-0.15, -0.1) is 0 Å². The number of carbonyl (C=O) groups is 1. The number of nitrogens with two attached hydrogens (primary N) is 1. The third-order valence-electron chi connectivity index (χ3n) is 4.84. The molecule has 0 unspecified atom stereocenters. The maximum absolute atomic E-state index is 12.4. The first-order valence-electron chi connectivity index (χ1n) is 8.45. The van der Waals surface area contributed by atoms with Crippen molar-refractivity contribution in [2.24, 2.45) is 5.73 Å². The van der Waals surface area contributed by atoms with Gasteiger partial charge < -0.3 is 11.1 Å². The molecule has 2 rings (SSSR count). The summed E-state index contributed by atoms with van der Waals surface area (Å²) in [7, 11) is -3.12. The van der Waals surface area contributed by atoms with E-state index in [0.717, 1.165) is 32.1 Å². The van der Waals surface area contributed by atoms with Crippen molar-refractivity contribution in [3.63, 3.8) is 0 Å². The monoisotopic (exact) mass is 331 g/mol. The van der Waals surface area contributed by atoms with Gasteiger partial charge in [-0.2, -0.15) is 0 Å². The molecule has 1 heterocycles. The molecule has 1 saturated heterocycles. The van der Waals surface area contributed by atoms with Gasteiger partial charge in [-0.05, 0) is 32.1 Å². The molecule has 3 N–H and O–H groups in total. The second-order valence-electron chi connectivity index (χ2n) is 6.68. The van der Waals surface area contributed by atoms with E-state index in [1.54, 1.807) is 4.31 Å². The van der Waals surface area contributed by atoms with Gasteiger partial charge in [0.2, 0.25) is 15.9 Å². The van der Waals surface area contributed by atoms with Gasteiger partial charge in [-0.25, -0.2) is 12.7 Å². The summed E-state index contributed by atoms with van der Waals surface area (Å²) in [6.45, 7) is 2.85. The summed E-state index contributed by atoms with van der Waals surface area (Å²) in [6, 6.07) is 0.0444. The van der Waals surface area contributed by atoms with Crippen LogP contribution in [0.3, 0.4) is 0 Å². The minimum atomic E-state index is -3.12. The smallest absolute Gasteiger partial charge is 0.240 e. The largest absolute Gasteiger partial charge is 0.352 e. The van der Waals surface area contributed by atoms with Crippen molar-refractivity contribution in [1.29, 1.82) is 0 Å². The lowest BCUT2D eigenvalue weighted by Crippen LogP contribution is -2.58. The van der Waals surface area contributed by atoms with Crippen LogP contribution in [0.2, 0.25) is 0 Å². The van der Waals surface area contributed by atoms with Crippen LogP contribution in [0.4, 0.5) is 0 Å². The molecular formula is C15H29N3O3S. The van der Waals surface area contributed by atoms with E-state index in [-0.39, 0.29) is 17.7 Å². The number of sulfonamides is 1. The second kappa shape index (κ2) is 7.27. The van der Waals surface area contributed by atoms with Crippen LogP contribution in [0.1, 0.15) is 58.3 Å². The molecule has 0 aromatic heterocycles. The van der Waals surface area contributed by atoms with Gasteiger partial charge in [0.05, 0.1) is 11.3 Å². The molecular weight excluding hydrogens is 302 g/mol.